The van der Waals surface area contributed by atoms with Crippen LogP contribution in [0.15, 0.2) is 54.6 Å². The molecular weight excluding hydrogens is 357 g/mol. The molecule has 0 fully saturated rings. The second kappa shape index (κ2) is 8.63. The van der Waals surface area contributed by atoms with Crippen LogP contribution in [0.2, 0.25) is 0 Å². The second-order valence-electron chi connectivity index (χ2n) is 6.32. The number of rotatable bonds is 4. The number of benzene rings is 3. The van der Waals surface area contributed by atoms with Crippen molar-refractivity contribution in [2.75, 3.05) is 0 Å². The minimum atomic E-state index is -0.835. The molecule has 3 rings (SSSR count). The Labute approximate surface area is 167 Å². The second-order valence-corrected chi connectivity index (χ2v) is 6.32. The third kappa shape index (κ3) is 4.18. The van der Waals surface area contributed by atoms with E-state index in [1.54, 1.807) is 44.2 Å². The van der Waals surface area contributed by atoms with E-state index >= 15 is 0 Å². The number of halogens is 3. The van der Waals surface area contributed by atoms with E-state index in [0.717, 1.165) is 16.7 Å². The molecule has 0 aromatic heterocycles. The Morgan fingerprint density at radius 2 is 1.57 bits per heavy atom. The smallest absolute Gasteiger partial charge is 0.166 e. The first-order chi connectivity index (χ1) is 13.5. The van der Waals surface area contributed by atoms with Gasteiger partial charge in [0.05, 0.1) is 5.56 Å². The zero-order valence-electron chi connectivity index (χ0n) is 15.7. The Bertz CT molecular complexity index is 1100. The molecule has 3 aromatic rings. The number of hydrogen-bond donors (Lipinski definition) is 0. The molecule has 0 aliphatic rings. The Hall–Kier alpha value is -3.25. The predicted octanol–water partition coefficient (Wildman–Crippen LogP) is 7.61. The van der Waals surface area contributed by atoms with Crippen molar-refractivity contribution in [1.29, 1.82) is 0 Å². The first kappa shape index (κ1) is 19.5. The zero-order valence-corrected chi connectivity index (χ0v) is 15.7. The van der Waals surface area contributed by atoms with Crippen molar-refractivity contribution in [1.82, 2.24) is 0 Å². The average molecular weight is 382 g/mol. The van der Waals surface area contributed by atoms with Crippen LogP contribution in [-0.4, -0.2) is 0 Å². The molecule has 0 aliphatic heterocycles. The van der Waals surface area contributed by atoms with Crippen molar-refractivity contribution in [2.24, 2.45) is 0 Å². The molecule has 3 aromatic carbocycles. The topological polar surface area (TPSA) is 0 Å². The molecule has 0 aliphatic carbocycles. The van der Waals surface area contributed by atoms with E-state index in [1.165, 1.54) is 6.07 Å². The van der Waals surface area contributed by atoms with E-state index in [4.69, 9.17) is 0 Å². The van der Waals surface area contributed by atoms with E-state index in [-0.39, 0.29) is 15.7 Å². The van der Waals surface area contributed by atoms with Crippen LogP contribution in [0.5, 0.6) is 0 Å². The molecule has 0 amide bonds. The van der Waals surface area contributed by atoms with Crippen LogP contribution in [0.4, 0.5) is 13.2 Å². The monoisotopic (exact) mass is 382 g/mol. The maximum absolute atomic E-state index is 14.1. The highest BCUT2D eigenvalue weighted by atomic mass is 19.2. The Kier molecular flexibility index (Phi) is 6.01. The summed E-state index contributed by atoms with van der Waals surface area (Å²) >= 11 is 0. The average Bonchev–Trinajstić information content (AvgIpc) is 2.71. The normalized spacial score (nSPS) is 10.8. The van der Waals surface area contributed by atoms with Gasteiger partial charge >= 0.3 is 0 Å². The van der Waals surface area contributed by atoms with E-state index < -0.39 is 11.6 Å². The van der Waals surface area contributed by atoms with E-state index in [1.807, 2.05) is 30.3 Å². The molecule has 0 N–H and O–H groups in total. The van der Waals surface area contributed by atoms with Crippen molar-refractivity contribution in [3.8, 4) is 23.0 Å². The minimum Gasteiger partial charge on any atom is -0.206 e. The zero-order chi connectivity index (χ0) is 20.1. The van der Waals surface area contributed by atoms with Gasteiger partial charge in [-0.05, 0) is 47.7 Å². The fourth-order valence-electron chi connectivity index (χ4n) is 2.91. The molecule has 0 saturated heterocycles. The first-order valence-corrected chi connectivity index (χ1v) is 9.01. The summed E-state index contributed by atoms with van der Waals surface area (Å²) in [7, 11) is 0. The summed E-state index contributed by atoms with van der Waals surface area (Å²) in [5.41, 5.74) is 3.37. The molecule has 0 radical (unpaired) electrons. The first-order valence-electron chi connectivity index (χ1n) is 9.01. The van der Waals surface area contributed by atoms with Gasteiger partial charge in [0.1, 0.15) is 5.82 Å². The lowest BCUT2D eigenvalue weighted by molar-refractivity contribution is 0.498. The summed E-state index contributed by atoms with van der Waals surface area (Å²) in [4.78, 5) is 0. The van der Waals surface area contributed by atoms with E-state index in [9.17, 15) is 13.2 Å². The Morgan fingerprint density at radius 3 is 2.21 bits per heavy atom. The molecule has 0 spiro atoms. The van der Waals surface area contributed by atoms with Crippen molar-refractivity contribution in [3.63, 3.8) is 0 Å². The van der Waals surface area contributed by atoms with Gasteiger partial charge in [0, 0.05) is 9.84 Å². The molecule has 0 bridgehead atoms. The van der Waals surface area contributed by atoms with Gasteiger partial charge in [-0.1, -0.05) is 67.5 Å². The van der Waals surface area contributed by atoms with Crippen LogP contribution in [0.1, 0.15) is 40.4 Å². The van der Waals surface area contributed by atoms with Gasteiger partial charge in [-0.2, -0.15) is 0 Å². The molecule has 0 heterocycles. The van der Waals surface area contributed by atoms with Gasteiger partial charge in [-0.15, -0.1) is 5.92 Å². The van der Waals surface area contributed by atoms with Crippen molar-refractivity contribution in [2.45, 2.75) is 20.3 Å². The summed E-state index contributed by atoms with van der Waals surface area (Å²) in [6, 6.07) is 15.5. The van der Waals surface area contributed by atoms with E-state index in [0.29, 0.717) is 17.5 Å². The molecule has 146 valence electrons. The molecule has 0 atom stereocenters. The number of aryl methyl sites for hydroxylation is 1. The quantitative estimate of drug-likeness (QED) is 0.322. The van der Waals surface area contributed by atoms with Crippen LogP contribution >= 0.6 is 0 Å². The summed E-state index contributed by atoms with van der Waals surface area (Å²) in [5, 5.41) is 0. The largest absolute Gasteiger partial charge is 0.206 e. The molecule has 3 heteroatoms. The summed E-state index contributed by atoms with van der Waals surface area (Å²) < 4.78 is 42.0. The Balaban J connectivity index is 0.00000300. The fourth-order valence-corrected chi connectivity index (χ4v) is 2.91. The molecule has 0 unspecified atom stereocenters. The third-order valence-corrected chi connectivity index (χ3v) is 4.50. The van der Waals surface area contributed by atoms with Crippen LogP contribution in [-0.2, 0) is 6.42 Å². The highest BCUT2D eigenvalue weighted by molar-refractivity contribution is 5.72. The van der Waals surface area contributed by atoms with Crippen molar-refractivity contribution < 1.29 is 17.5 Å². The SMILES string of the molecule is CC#Cc1ccc(-c2ccc(/C=C/c3ccc(CC)c(F)c3F)cc2)cc1F.[HH].[HH].[HH]. The summed E-state index contributed by atoms with van der Waals surface area (Å²) in [6.45, 7) is 3.45. The van der Waals surface area contributed by atoms with Crippen molar-refractivity contribution >= 4 is 12.2 Å². The molecule has 0 nitrogen and oxygen atoms in total. The van der Waals surface area contributed by atoms with Crippen LogP contribution in [0, 0.1) is 29.3 Å². The Morgan fingerprint density at radius 1 is 0.857 bits per heavy atom. The van der Waals surface area contributed by atoms with Gasteiger partial charge in [0.2, 0.25) is 0 Å². The maximum Gasteiger partial charge on any atom is 0.166 e. The number of hydrogen-bond acceptors (Lipinski definition) is 0. The van der Waals surface area contributed by atoms with Gasteiger partial charge < -0.3 is 0 Å². The van der Waals surface area contributed by atoms with Gasteiger partial charge in [-0.3, -0.25) is 0 Å². The fraction of sp³-hybridized carbons (Fsp3) is 0.120. The van der Waals surface area contributed by atoms with Crippen LogP contribution in [0.3, 0.4) is 0 Å². The van der Waals surface area contributed by atoms with Crippen molar-refractivity contribution in [3.05, 3.63) is 94.3 Å². The van der Waals surface area contributed by atoms with E-state index in [2.05, 4.69) is 11.8 Å². The van der Waals surface area contributed by atoms with Gasteiger partial charge in [0.25, 0.3) is 0 Å². The predicted molar refractivity (Wildman–Crippen MR) is 115 cm³/mol. The lowest BCUT2D eigenvalue weighted by Gasteiger charge is -2.05. The molecule has 0 saturated carbocycles. The lowest BCUT2D eigenvalue weighted by Crippen LogP contribution is -1.95. The summed E-state index contributed by atoms with van der Waals surface area (Å²) in [6.07, 6.45) is 3.71. The minimum absolute atomic E-state index is 0. The third-order valence-electron chi connectivity index (χ3n) is 4.50. The van der Waals surface area contributed by atoms with Gasteiger partial charge in [-0.25, -0.2) is 13.2 Å². The lowest BCUT2D eigenvalue weighted by atomic mass is 10.0. The van der Waals surface area contributed by atoms with Crippen LogP contribution in [0.25, 0.3) is 23.3 Å². The highest BCUT2D eigenvalue weighted by Gasteiger charge is 2.10. The maximum atomic E-state index is 14.1. The summed E-state index contributed by atoms with van der Waals surface area (Å²) in [5.74, 6) is 3.42. The standard InChI is InChI=1S/C25H19F3.3H2/c1-3-5-20-13-15-22(16-23(20)26)19-9-6-17(7-10-19)8-11-21-14-12-18(4-2)24(27)25(21)28;;;/h6-16H,4H2,1-2H3;3*1H/b11-8+;;;. The molecule has 28 heavy (non-hydrogen) atoms. The highest BCUT2D eigenvalue weighted by Crippen LogP contribution is 2.24. The van der Waals surface area contributed by atoms with Crippen LogP contribution < -0.4 is 0 Å². The molecular formula is C25H25F3. The van der Waals surface area contributed by atoms with Gasteiger partial charge in [0.15, 0.2) is 11.6 Å².